The van der Waals surface area contributed by atoms with Crippen LogP contribution in [0.4, 0.5) is 0 Å². The molecule has 0 bridgehead atoms. The summed E-state index contributed by atoms with van der Waals surface area (Å²) in [5, 5.41) is 31.6. The number of aliphatic hydroxyl groups is 2. The van der Waals surface area contributed by atoms with Gasteiger partial charge in [0.25, 0.3) is 0 Å². The van der Waals surface area contributed by atoms with Crippen LogP contribution >= 0.6 is 0 Å². The van der Waals surface area contributed by atoms with Crippen LogP contribution in [0.1, 0.15) is 303 Å². The van der Waals surface area contributed by atoms with Crippen LogP contribution < -0.4 is 0 Å². The average molecular weight is 1140 g/mol. The van der Waals surface area contributed by atoms with Gasteiger partial charge in [0.15, 0.2) is 24.6 Å². The average Bonchev–Trinajstić information content (AvgIpc) is 3.53. The van der Waals surface area contributed by atoms with Crippen molar-refractivity contribution in [3.8, 4) is 0 Å². The number of ether oxygens (including phenoxy) is 5. The summed E-state index contributed by atoms with van der Waals surface area (Å²) in [7, 11) is 0. The molecule has 6 atom stereocenters. The topological polar surface area (TPSA) is 175 Å². The number of rotatable bonds is 57. The van der Waals surface area contributed by atoms with Crippen LogP contribution in [-0.4, -0.2) is 89.2 Å². The molecule has 1 saturated heterocycles. The van der Waals surface area contributed by atoms with E-state index >= 15 is 0 Å². The predicted octanol–water partition coefficient (Wildman–Crippen LogP) is 17.9. The van der Waals surface area contributed by atoms with Gasteiger partial charge in [0.1, 0.15) is 18.8 Å². The highest BCUT2D eigenvalue weighted by molar-refractivity contribution is 5.74. The van der Waals surface area contributed by atoms with Gasteiger partial charge in [0.05, 0.1) is 6.61 Å². The van der Waals surface area contributed by atoms with Gasteiger partial charge in [-0.1, -0.05) is 261 Å². The normalized spacial score (nSPS) is 18.1. The first kappa shape index (κ1) is 75.4. The summed E-state index contributed by atoms with van der Waals surface area (Å²) < 4.78 is 28.6. The molecule has 468 valence electrons. The molecule has 0 amide bonds. The summed E-state index contributed by atoms with van der Waals surface area (Å²) in [6, 6.07) is 0. The SMILES string of the molecule is CC/C=C\C/C=C\C/C=C\CCCCCCCCCC(=O)OC1C(OCC(COC(=O)CCCCCCCCC/C=C\C/C=C\CCCCC)OC(=O)CCCCCCCCCCCCCCCCCCC)OC(C(=O)O)C(O)C1O. The standard InChI is InChI=1S/C69H120O12/c1-4-7-10-13-16-19-22-25-28-31-34-37-40-43-46-49-52-55-61(70)77-58-60(79-62(71)56-53-50-47-44-41-38-35-32-29-26-23-20-17-14-11-8-5-2)59-78-69-67(65(74)64(73)66(81-69)68(75)76)80-63(72)57-54-51-48-45-42-39-36-33-30-27-24-21-18-15-12-9-6-3/h9,12,16,18-19,21,25,27-28,30,60,64-67,69,73-74H,4-8,10-11,13-15,17,20,22-24,26,29,31-59H2,1-3H3,(H,75,76)/b12-9-,19-16-,21-18-,28-25-,30-27-. The third kappa shape index (κ3) is 46.5. The van der Waals surface area contributed by atoms with E-state index in [1.165, 1.54) is 122 Å². The summed E-state index contributed by atoms with van der Waals surface area (Å²) in [4.78, 5) is 51.4. The van der Waals surface area contributed by atoms with Gasteiger partial charge in [-0.3, -0.25) is 14.4 Å². The van der Waals surface area contributed by atoms with Crippen molar-refractivity contribution in [1.82, 2.24) is 0 Å². The fourth-order valence-corrected chi connectivity index (χ4v) is 10.0. The second-order valence-corrected chi connectivity index (χ2v) is 22.7. The van der Waals surface area contributed by atoms with Crippen molar-refractivity contribution in [2.75, 3.05) is 13.2 Å². The summed E-state index contributed by atoms with van der Waals surface area (Å²) in [6.45, 7) is 5.90. The molecule has 3 N–H and O–H groups in total. The molecule has 0 saturated carbocycles. The molecule has 1 rings (SSSR count). The minimum atomic E-state index is -1.91. The van der Waals surface area contributed by atoms with Crippen LogP contribution in [0.5, 0.6) is 0 Å². The number of carbonyl (C=O) groups is 4. The van der Waals surface area contributed by atoms with Crippen molar-refractivity contribution in [3.63, 3.8) is 0 Å². The van der Waals surface area contributed by atoms with Crippen molar-refractivity contribution in [3.05, 3.63) is 60.8 Å². The lowest BCUT2D eigenvalue weighted by atomic mass is 9.98. The van der Waals surface area contributed by atoms with E-state index in [1.54, 1.807) is 0 Å². The molecule has 1 heterocycles. The van der Waals surface area contributed by atoms with Gasteiger partial charge in [-0.2, -0.15) is 0 Å². The second-order valence-electron chi connectivity index (χ2n) is 22.7. The minimum Gasteiger partial charge on any atom is -0.479 e. The minimum absolute atomic E-state index is 0.0493. The van der Waals surface area contributed by atoms with E-state index in [4.69, 9.17) is 23.7 Å². The van der Waals surface area contributed by atoms with Gasteiger partial charge in [-0.05, 0) is 83.5 Å². The molecule has 0 aliphatic carbocycles. The van der Waals surface area contributed by atoms with E-state index in [-0.39, 0.29) is 25.9 Å². The summed E-state index contributed by atoms with van der Waals surface area (Å²) in [6.07, 6.45) is 58.8. The van der Waals surface area contributed by atoms with Crippen LogP contribution in [-0.2, 0) is 42.9 Å². The Morgan fingerprint density at radius 1 is 0.420 bits per heavy atom. The van der Waals surface area contributed by atoms with Crippen LogP contribution in [0.2, 0.25) is 0 Å². The molecule has 0 radical (unpaired) electrons. The van der Waals surface area contributed by atoms with E-state index in [2.05, 4.69) is 81.5 Å². The predicted molar refractivity (Wildman–Crippen MR) is 331 cm³/mol. The Morgan fingerprint density at radius 2 is 0.778 bits per heavy atom. The van der Waals surface area contributed by atoms with Gasteiger partial charge in [0, 0.05) is 19.3 Å². The Balaban J connectivity index is 2.65. The highest BCUT2D eigenvalue weighted by atomic mass is 16.7. The number of esters is 3. The lowest BCUT2D eigenvalue weighted by Crippen LogP contribution is -2.61. The number of carboxylic acids is 1. The van der Waals surface area contributed by atoms with Crippen LogP contribution in [0.15, 0.2) is 60.8 Å². The Morgan fingerprint density at radius 3 is 1.21 bits per heavy atom. The van der Waals surface area contributed by atoms with Crippen molar-refractivity contribution >= 4 is 23.9 Å². The highest BCUT2D eigenvalue weighted by Gasteiger charge is 2.50. The zero-order valence-corrected chi connectivity index (χ0v) is 51.8. The molecular weight excluding hydrogens is 1020 g/mol. The van der Waals surface area contributed by atoms with Gasteiger partial charge in [-0.15, -0.1) is 0 Å². The lowest BCUT2D eigenvalue weighted by Gasteiger charge is -2.40. The molecule has 1 aliphatic heterocycles. The molecule has 0 aromatic carbocycles. The first-order valence-electron chi connectivity index (χ1n) is 33.3. The maximum absolute atomic E-state index is 13.2. The Kier molecular flexibility index (Phi) is 53.0. The quantitative estimate of drug-likeness (QED) is 0.0228. The first-order chi connectivity index (χ1) is 39.6. The fourth-order valence-electron chi connectivity index (χ4n) is 10.0. The molecule has 0 aromatic rings. The highest BCUT2D eigenvalue weighted by Crippen LogP contribution is 2.27. The zero-order chi connectivity index (χ0) is 58.9. The van der Waals surface area contributed by atoms with Gasteiger partial charge in [-0.25, -0.2) is 4.79 Å². The summed E-state index contributed by atoms with van der Waals surface area (Å²) >= 11 is 0. The maximum atomic E-state index is 13.2. The van der Waals surface area contributed by atoms with Gasteiger partial charge >= 0.3 is 23.9 Å². The third-order valence-corrected chi connectivity index (χ3v) is 15.1. The smallest absolute Gasteiger partial charge is 0.335 e. The number of allylic oxidation sites excluding steroid dienone is 10. The number of carbonyl (C=O) groups excluding carboxylic acids is 3. The summed E-state index contributed by atoms with van der Waals surface area (Å²) in [5.41, 5.74) is 0. The molecule has 81 heavy (non-hydrogen) atoms. The Labute approximate surface area is 494 Å². The fraction of sp³-hybridized carbons (Fsp3) is 0.797. The number of aliphatic hydroxyl groups excluding tert-OH is 2. The monoisotopic (exact) mass is 1140 g/mol. The van der Waals surface area contributed by atoms with E-state index in [0.29, 0.717) is 19.3 Å². The van der Waals surface area contributed by atoms with Crippen molar-refractivity contribution in [2.24, 2.45) is 0 Å². The molecule has 6 unspecified atom stereocenters. The molecule has 0 spiro atoms. The van der Waals surface area contributed by atoms with E-state index in [9.17, 15) is 34.5 Å². The number of hydrogen-bond donors (Lipinski definition) is 3. The molecule has 1 fully saturated rings. The Hall–Kier alpha value is -3.58. The molecule has 12 heteroatoms. The third-order valence-electron chi connectivity index (χ3n) is 15.1. The first-order valence-corrected chi connectivity index (χ1v) is 33.3. The molecule has 12 nitrogen and oxygen atoms in total. The number of unbranched alkanes of at least 4 members (excludes halogenated alkanes) is 33. The van der Waals surface area contributed by atoms with Crippen molar-refractivity contribution in [1.29, 1.82) is 0 Å². The number of carboxylic acid groups (broad SMARTS) is 1. The van der Waals surface area contributed by atoms with E-state index < -0.39 is 67.3 Å². The van der Waals surface area contributed by atoms with Crippen molar-refractivity contribution in [2.45, 2.75) is 340 Å². The Bertz CT molecular complexity index is 1640. The van der Waals surface area contributed by atoms with Crippen molar-refractivity contribution < 1.29 is 58.2 Å². The largest absolute Gasteiger partial charge is 0.479 e. The van der Waals surface area contributed by atoms with Crippen LogP contribution in [0.25, 0.3) is 0 Å². The second kappa shape index (κ2) is 56.9. The number of hydrogen-bond acceptors (Lipinski definition) is 11. The number of aliphatic carboxylic acids is 1. The lowest BCUT2D eigenvalue weighted by molar-refractivity contribution is -0.301. The molecule has 0 aromatic heterocycles. The van der Waals surface area contributed by atoms with Crippen LogP contribution in [0, 0.1) is 0 Å². The van der Waals surface area contributed by atoms with Crippen LogP contribution in [0.3, 0.4) is 0 Å². The molecular formula is C69H120O12. The molecule has 1 aliphatic rings. The van der Waals surface area contributed by atoms with Gasteiger partial charge < -0.3 is 39.0 Å². The summed E-state index contributed by atoms with van der Waals surface area (Å²) in [5.74, 6) is -3.12. The van der Waals surface area contributed by atoms with E-state index in [0.717, 1.165) is 122 Å². The van der Waals surface area contributed by atoms with E-state index in [1.807, 2.05) is 0 Å². The maximum Gasteiger partial charge on any atom is 0.335 e. The zero-order valence-electron chi connectivity index (χ0n) is 51.8. The van der Waals surface area contributed by atoms with Gasteiger partial charge in [0.2, 0.25) is 0 Å².